The van der Waals surface area contributed by atoms with E-state index in [4.69, 9.17) is 10.00 Å². The Bertz CT molecular complexity index is 549. The Kier molecular flexibility index (Phi) is 1.94. The Morgan fingerprint density at radius 2 is 2.19 bits per heavy atom. The van der Waals surface area contributed by atoms with Crippen molar-refractivity contribution in [3.05, 3.63) is 52.9 Å². The van der Waals surface area contributed by atoms with Crippen LogP contribution in [0.3, 0.4) is 0 Å². The van der Waals surface area contributed by atoms with Gasteiger partial charge >= 0.3 is 0 Å². The monoisotopic (exact) mass is 210 g/mol. The van der Waals surface area contributed by atoms with Crippen molar-refractivity contribution < 1.29 is 4.74 Å². The minimum Gasteiger partial charge on any atom is -0.441 e. The maximum Gasteiger partial charge on any atom is 0.197 e. The van der Waals surface area contributed by atoms with E-state index in [9.17, 15) is 0 Å². The zero-order chi connectivity index (χ0) is 11.0. The van der Waals surface area contributed by atoms with E-state index in [1.165, 1.54) is 5.56 Å². The first-order chi connectivity index (χ1) is 7.86. The quantitative estimate of drug-likeness (QED) is 0.711. The molecule has 0 saturated heterocycles. The molecule has 0 aromatic heterocycles. The number of nitrogens with zero attached hydrogens (tertiary/aromatic N) is 1. The first-order valence-electron chi connectivity index (χ1n) is 5.20. The Hall–Kier alpha value is -2.21. The minimum atomic E-state index is 0.553. The molecule has 2 aliphatic rings. The van der Waals surface area contributed by atoms with Crippen LogP contribution in [0.15, 0.2) is 47.4 Å². The number of para-hydroxylation sites is 1. The first-order valence-corrected chi connectivity index (χ1v) is 5.20. The van der Waals surface area contributed by atoms with E-state index in [-0.39, 0.29) is 0 Å². The smallest absolute Gasteiger partial charge is 0.197 e. The van der Waals surface area contributed by atoms with Gasteiger partial charge < -0.3 is 10.1 Å². The molecule has 0 saturated carbocycles. The van der Waals surface area contributed by atoms with E-state index >= 15 is 0 Å². The van der Waals surface area contributed by atoms with Gasteiger partial charge in [-0.25, -0.2) is 0 Å². The fraction of sp³-hybridized carbons (Fsp3) is 0.154. The molecule has 1 aromatic rings. The molecule has 0 fully saturated rings. The SMILES string of the molecule is N#CC1=CC2=C(NC1)Oc1ccccc1C2. The summed E-state index contributed by atoms with van der Waals surface area (Å²) in [5.41, 5.74) is 2.97. The predicted octanol–water partition coefficient (Wildman–Crippen LogP) is 1.89. The number of ether oxygens (including phenoxy) is 1. The molecule has 0 amide bonds. The van der Waals surface area contributed by atoms with E-state index in [0.29, 0.717) is 6.54 Å². The van der Waals surface area contributed by atoms with Crippen LogP contribution in [0.5, 0.6) is 5.75 Å². The molecular formula is C13H10N2O. The van der Waals surface area contributed by atoms with Crippen LogP contribution in [-0.4, -0.2) is 6.54 Å². The number of fused-ring (bicyclic) bond motifs is 1. The van der Waals surface area contributed by atoms with Gasteiger partial charge in [-0.3, -0.25) is 0 Å². The molecule has 16 heavy (non-hydrogen) atoms. The van der Waals surface area contributed by atoms with Gasteiger partial charge in [-0.05, 0) is 17.7 Å². The summed E-state index contributed by atoms with van der Waals surface area (Å²) < 4.78 is 5.74. The number of benzene rings is 1. The topological polar surface area (TPSA) is 45.0 Å². The molecule has 1 N–H and O–H groups in total. The third-order valence-corrected chi connectivity index (χ3v) is 2.79. The first kappa shape index (κ1) is 9.05. The lowest BCUT2D eigenvalue weighted by Gasteiger charge is -2.25. The molecule has 0 unspecified atom stereocenters. The third kappa shape index (κ3) is 1.36. The van der Waals surface area contributed by atoms with Gasteiger partial charge in [-0.15, -0.1) is 0 Å². The molecule has 0 aliphatic carbocycles. The highest BCUT2D eigenvalue weighted by atomic mass is 16.5. The number of hydrogen-bond acceptors (Lipinski definition) is 3. The van der Waals surface area contributed by atoms with Crippen molar-refractivity contribution in [2.45, 2.75) is 6.42 Å². The van der Waals surface area contributed by atoms with Crippen LogP contribution in [0.25, 0.3) is 0 Å². The summed E-state index contributed by atoms with van der Waals surface area (Å²) in [4.78, 5) is 0. The second-order valence-corrected chi connectivity index (χ2v) is 3.88. The van der Waals surface area contributed by atoms with Gasteiger partial charge in [0.05, 0.1) is 12.6 Å². The normalized spacial score (nSPS) is 17.3. The van der Waals surface area contributed by atoms with Crippen molar-refractivity contribution in [2.75, 3.05) is 6.54 Å². The van der Waals surface area contributed by atoms with Crippen LogP contribution in [0.2, 0.25) is 0 Å². The molecule has 2 heterocycles. The van der Waals surface area contributed by atoms with Gasteiger partial charge in [0.2, 0.25) is 0 Å². The van der Waals surface area contributed by atoms with Gasteiger partial charge in [0.25, 0.3) is 0 Å². The summed E-state index contributed by atoms with van der Waals surface area (Å²) in [7, 11) is 0. The molecule has 0 radical (unpaired) electrons. The average molecular weight is 210 g/mol. The van der Waals surface area contributed by atoms with Crippen LogP contribution >= 0.6 is 0 Å². The van der Waals surface area contributed by atoms with Gasteiger partial charge in [0.15, 0.2) is 5.88 Å². The molecule has 3 rings (SSSR count). The lowest BCUT2D eigenvalue weighted by Crippen LogP contribution is -2.28. The molecular weight excluding hydrogens is 200 g/mol. The van der Waals surface area contributed by atoms with Crippen molar-refractivity contribution in [3.8, 4) is 11.8 Å². The van der Waals surface area contributed by atoms with E-state index in [1.807, 2.05) is 30.3 Å². The molecule has 0 spiro atoms. The van der Waals surface area contributed by atoms with E-state index < -0.39 is 0 Å². The van der Waals surface area contributed by atoms with E-state index in [1.54, 1.807) is 0 Å². The molecule has 3 heteroatoms. The van der Waals surface area contributed by atoms with Gasteiger partial charge in [0, 0.05) is 17.6 Å². The van der Waals surface area contributed by atoms with Crippen LogP contribution in [0.4, 0.5) is 0 Å². The summed E-state index contributed by atoms with van der Waals surface area (Å²) in [6.07, 6.45) is 2.74. The summed E-state index contributed by atoms with van der Waals surface area (Å²) in [6, 6.07) is 10.1. The number of rotatable bonds is 0. The second-order valence-electron chi connectivity index (χ2n) is 3.88. The van der Waals surface area contributed by atoms with E-state index in [0.717, 1.165) is 29.2 Å². The standard InChI is InChI=1S/C13H10N2O/c14-7-9-5-11-6-10-3-1-2-4-12(10)16-13(11)15-8-9/h1-5,15H,6,8H2. The Morgan fingerprint density at radius 3 is 3.06 bits per heavy atom. The van der Waals surface area contributed by atoms with Gasteiger partial charge in [-0.2, -0.15) is 5.26 Å². The fourth-order valence-electron chi connectivity index (χ4n) is 1.99. The third-order valence-electron chi connectivity index (χ3n) is 2.79. The molecule has 3 nitrogen and oxygen atoms in total. The molecule has 0 bridgehead atoms. The maximum atomic E-state index is 8.85. The predicted molar refractivity (Wildman–Crippen MR) is 59.5 cm³/mol. The average Bonchev–Trinajstić information content (AvgIpc) is 2.35. The second kappa shape index (κ2) is 3.42. The highest BCUT2D eigenvalue weighted by molar-refractivity contribution is 5.48. The lowest BCUT2D eigenvalue weighted by atomic mass is 9.98. The fourth-order valence-corrected chi connectivity index (χ4v) is 1.99. The van der Waals surface area contributed by atoms with Crippen molar-refractivity contribution in [1.82, 2.24) is 5.32 Å². The van der Waals surface area contributed by atoms with Crippen LogP contribution in [0.1, 0.15) is 5.56 Å². The van der Waals surface area contributed by atoms with Crippen molar-refractivity contribution in [3.63, 3.8) is 0 Å². The zero-order valence-corrected chi connectivity index (χ0v) is 8.66. The molecule has 2 aliphatic heterocycles. The number of dihydropyridines is 1. The summed E-state index contributed by atoms with van der Waals surface area (Å²) in [5.74, 6) is 1.69. The molecule has 1 aromatic carbocycles. The molecule has 0 atom stereocenters. The Morgan fingerprint density at radius 1 is 1.31 bits per heavy atom. The lowest BCUT2D eigenvalue weighted by molar-refractivity contribution is 0.363. The summed E-state index contributed by atoms with van der Waals surface area (Å²) in [6.45, 7) is 0.553. The Balaban J connectivity index is 2.01. The van der Waals surface area contributed by atoms with E-state index in [2.05, 4.69) is 11.4 Å². The zero-order valence-electron chi connectivity index (χ0n) is 8.66. The Labute approximate surface area is 93.7 Å². The number of hydrogen-bond donors (Lipinski definition) is 1. The van der Waals surface area contributed by atoms with Crippen molar-refractivity contribution in [2.24, 2.45) is 0 Å². The van der Waals surface area contributed by atoms with Gasteiger partial charge in [-0.1, -0.05) is 18.2 Å². The summed E-state index contributed by atoms with van der Waals surface area (Å²) in [5, 5.41) is 12.0. The minimum absolute atomic E-state index is 0.553. The van der Waals surface area contributed by atoms with Crippen LogP contribution in [-0.2, 0) is 6.42 Å². The largest absolute Gasteiger partial charge is 0.441 e. The molecule has 78 valence electrons. The van der Waals surface area contributed by atoms with Crippen LogP contribution < -0.4 is 10.1 Å². The number of nitrogens with one attached hydrogen (secondary N) is 1. The van der Waals surface area contributed by atoms with Crippen molar-refractivity contribution >= 4 is 0 Å². The van der Waals surface area contributed by atoms with Crippen molar-refractivity contribution in [1.29, 1.82) is 5.26 Å². The highest BCUT2D eigenvalue weighted by Crippen LogP contribution is 2.31. The van der Waals surface area contributed by atoms with Crippen LogP contribution in [0, 0.1) is 11.3 Å². The van der Waals surface area contributed by atoms with Gasteiger partial charge in [0.1, 0.15) is 5.75 Å². The number of nitriles is 1. The maximum absolute atomic E-state index is 8.85. The highest BCUT2D eigenvalue weighted by Gasteiger charge is 2.21. The summed E-state index contributed by atoms with van der Waals surface area (Å²) >= 11 is 0. The number of allylic oxidation sites excluding steroid dienone is 2.